The number of rotatable bonds is 5. The summed E-state index contributed by atoms with van der Waals surface area (Å²) in [7, 11) is 0. The van der Waals surface area contributed by atoms with Crippen molar-refractivity contribution < 1.29 is 14.3 Å². The van der Waals surface area contributed by atoms with E-state index in [9.17, 15) is 4.79 Å². The lowest BCUT2D eigenvalue weighted by Gasteiger charge is -2.43. The van der Waals surface area contributed by atoms with Gasteiger partial charge in [0.1, 0.15) is 0 Å². The topological polar surface area (TPSA) is 35.5 Å². The van der Waals surface area contributed by atoms with Crippen LogP contribution in [0.4, 0.5) is 0 Å². The maximum atomic E-state index is 12.2. The minimum atomic E-state index is -0.469. The van der Waals surface area contributed by atoms with E-state index in [4.69, 9.17) is 9.47 Å². The van der Waals surface area contributed by atoms with Gasteiger partial charge in [0.05, 0.1) is 11.5 Å². The number of hydrogen-bond donors (Lipinski definition) is 0. The van der Waals surface area contributed by atoms with Gasteiger partial charge in [0.2, 0.25) is 0 Å². The SMILES string of the molecule is CCC(C)(C)C(=O)OC(C)OC1C2(C)CCC(C2)C1(C)C. The van der Waals surface area contributed by atoms with Crippen molar-refractivity contribution in [1.29, 1.82) is 0 Å². The number of hydrogen-bond acceptors (Lipinski definition) is 3. The van der Waals surface area contributed by atoms with Crippen molar-refractivity contribution in [2.75, 3.05) is 0 Å². The molecule has 0 aliphatic heterocycles. The monoisotopic (exact) mass is 296 g/mol. The Kier molecular flexibility index (Phi) is 4.20. The first-order valence-electron chi connectivity index (χ1n) is 8.39. The van der Waals surface area contributed by atoms with Crippen molar-refractivity contribution in [2.24, 2.45) is 22.2 Å². The van der Waals surface area contributed by atoms with Gasteiger partial charge >= 0.3 is 5.97 Å². The van der Waals surface area contributed by atoms with Crippen LogP contribution in [0, 0.1) is 22.2 Å². The summed E-state index contributed by atoms with van der Waals surface area (Å²) < 4.78 is 11.8. The van der Waals surface area contributed by atoms with E-state index in [1.807, 2.05) is 27.7 Å². The Morgan fingerprint density at radius 2 is 1.95 bits per heavy atom. The van der Waals surface area contributed by atoms with E-state index in [1.54, 1.807) is 0 Å². The van der Waals surface area contributed by atoms with Crippen molar-refractivity contribution in [3.05, 3.63) is 0 Å². The van der Waals surface area contributed by atoms with Crippen LogP contribution in [0.15, 0.2) is 0 Å². The highest BCUT2D eigenvalue weighted by Gasteiger charge is 2.60. The Hall–Kier alpha value is -0.570. The lowest BCUT2D eigenvalue weighted by molar-refractivity contribution is -0.219. The first-order valence-corrected chi connectivity index (χ1v) is 8.39. The van der Waals surface area contributed by atoms with Gasteiger partial charge in [-0.05, 0) is 63.2 Å². The summed E-state index contributed by atoms with van der Waals surface area (Å²) in [4.78, 5) is 12.2. The molecule has 0 aromatic rings. The summed E-state index contributed by atoms with van der Waals surface area (Å²) in [5.41, 5.74) is -0.0191. The zero-order valence-electron chi connectivity index (χ0n) is 14.8. The molecule has 3 heteroatoms. The molecule has 4 atom stereocenters. The minimum Gasteiger partial charge on any atom is -0.436 e. The van der Waals surface area contributed by atoms with E-state index in [0.29, 0.717) is 0 Å². The van der Waals surface area contributed by atoms with Crippen LogP contribution >= 0.6 is 0 Å². The maximum Gasteiger partial charge on any atom is 0.313 e. The van der Waals surface area contributed by atoms with Crippen LogP contribution in [0.3, 0.4) is 0 Å². The molecule has 4 unspecified atom stereocenters. The molecular formula is C18H32O3. The average Bonchev–Trinajstić information content (AvgIpc) is 2.85. The molecule has 0 aromatic carbocycles. The molecule has 21 heavy (non-hydrogen) atoms. The van der Waals surface area contributed by atoms with Crippen molar-refractivity contribution in [3.63, 3.8) is 0 Å². The van der Waals surface area contributed by atoms with E-state index in [0.717, 1.165) is 12.3 Å². The first-order chi connectivity index (χ1) is 9.53. The van der Waals surface area contributed by atoms with Gasteiger partial charge in [-0.1, -0.05) is 27.7 Å². The molecule has 0 amide bonds. The largest absolute Gasteiger partial charge is 0.436 e. The number of esters is 1. The van der Waals surface area contributed by atoms with E-state index in [1.165, 1.54) is 19.3 Å². The molecule has 2 aliphatic rings. The van der Waals surface area contributed by atoms with Gasteiger partial charge in [-0.25, -0.2) is 0 Å². The molecule has 3 nitrogen and oxygen atoms in total. The predicted octanol–water partition coefficient (Wildman–Crippen LogP) is 4.54. The Bertz CT molecular complexity index is 408. The van der Waals surface area contributed by atoms with Crippen LogP contribution in [-0.2, 0) is 14.3 Å². The van der Waals surface area contributed by atoms with Gasteiger partial charge in [0, 0.05) is 0 Å². The van der Waals surface area contributed by atoms with Crippen molar-refractivity contribution in [2.45, 2.75) is 86.5 Å². The van der Waals surface area contributed by atoms with E-state index in [2.05, 4.69) is 20.8 Å². The first kappa shape index (κ1) is 16.8. The summed E-state index contributed by atoms with van der Waals surface area (Å²) in [5.74, 6) is 0.575. The molecular weight excluding hydrogens is 264 g/mol. The predicted molar refractivity (Wildman–Crippen MR) is 83.7 cm³/mol. The molecule has 122 valence electrons. The summed E-state index contributed by atoms with van der Waals surface area (Å²) in [5, 5.41) is 0. The summed E-state index contributed by atoms with van der Waals surface area (Å²) in [6.07, 6.45) is 4.26. The number of carbonyl (C=O) groups excluding carboxylic acids is 1. The van der Waals surface area contributed by atoms with Crippen LogP contribution in [-0.4, -0.2) is 18.4 Å². The highest BCUT2D eigenvalue weighted by atomic mass is 16.7. The molecule has 2 fully saturated rings. The quantitative estimate of drug-likeness (QED) is 0.552. The third-order valence-electron chi connectivity index (χ3n) is 6.17. The fraction of sp³-hybridized carbons (Fsp3) is 0.944. The van der Waals surface area contributed by atoms with Crippen LogP contribution in [0.1, 0.15) is 74.1 Å². The molecule has 0 aromatic heterocycles. The van der Waals surface area contributed by atoms with Gasteiger partial charge < -0.3 is 9.47 Å². The summed E-state index contributed by atoms with van der Waals surface area (Å²) >= 11 is 0. The van der Waals surface area contributed by atoms with Crippen molar-refractivity contribution >= 4 is 5.97 Å². The van der Waals surface area contributed by atoms with E-state index >= 15 is 0 Å². The second-order valence-electron chi connectivity index (χ2n) is 8.64. The fourth-order valence-electron chi connectivity index (χ4n) is 4.27. The molecule has 0 radical (unpaired) electrons. The van der Waals surface area contributed by atoms with Gasteiger partial charge in [-0.15, -0.1) is 0 Å². The van der Waals surface area contributed by atoms with E-state index in [-0.39, 0.29) is 22.9 Å². The van der Waals surface area contributed by atoms with Crippen LogP contribution < -0.4 is 0 Å². The Morgan fingerprint density at radius 3 is 2.43 bits per heavy atom. The molecule has 0 spiro atoms. The summed E-state index contributed by atoms with van der Waals surface area (Å²) in [6, 6.07) is 0. The minimum absolute atomic E-state index is 0.163. The molecule has 2 saturated carbocycles. The Balaban J connectivity index is 2.00. The lowest BCUT2D eigenvalue weighted by atomic mass is 9.70. The van der Waals surface area contributed by atoms with Crippen LogP contribution in [0.5, 0.6) is 0 Å². The number of ether oxygens (including phenoxy) is 2. The van der Waals surface area contributed by atoms with Gasteiger partial charge in [-0.3, -0.25) is 4.79 Å². The standard InChI is InChI=1S/C18H32O3/c1-8-16(3,4)15(19)21-12(2)20-14-17(5,6)13-9-10-18(14,7)11-13/h12-14H,8-11H2,1-7H3. The van der Waals surface area contributed by atoms with Gasteiger partial charge in [-0.2, -0.15) is 0 Å². The third-order valence-corrected chi connectivity index (χ3v) is 6.17. The Morgan fingerprint density at radius 1 is 1.33 bits per heavy atom. The highest BCUT2D eigenvalue weighted by Crippen LogP contribution is 2.63. The average molecular weight is 296 g/mol. The van der Waals surface area contributed by atoms with Crippen molar-refractivity contribution in [1.82, 2.24) is 0 Å². The van der Waals surface area contributed by atoms with Gasteiger partial charge in [0.25, 0.3) is 0 Å². The lowest BCUT2D eigenvalue weighted by Crippen LogP contribution is -2.45. The molecule has 2 bridgehead atoms. The van der Waals surface area contributed by atoms with Gasteiger partial charge in [0.15, 0.2) is 6.29 Å². The normalized spacial score (nSPS) is 35.8. The number of carbonyl (C=O) groups is 1. The van der Waals surface area contributed by atoms with Crippen molar-refractivity contribution in [3.8, 4) is 0 Å². The highest BCUT2D eigenvalue weighted by molar-refractivity contribution is 5.75. The Labute approximate surface area is 129 Å². The number of fused-ring (bicyclic) bond motifs is 2. The zero-order chi connectivity index (χ0) is 16.1. The maximum absolute atomic E-state index is 12.2. The third kappa shape index (κ3) is 2.86. The smallest absolute Gasteiger partial charge is 0.313 e. The fourth-order valence-corrected chi connectivity index (χ4v) is 4.27. The second-order valence-corrected chi connectivity index (χ2v) is 8.64. The zero-order valence-corrected chi connectivity index (χ0v) is 14.8. The molecule has 0 saturated heterocycles. The summed E-state index contributed by atoms with van der Waals surface area (Å²) in [6.45, 7) is 14.6. The van der Waals surface area contributed by atoms with E-state index < -0.39 is 11.7 Å². The molecule has 2 aliphatic carbocycles. The van der Waals surface area contributed by atoms with Crippen LogP contribution in [0.2, 0.25) is 0 Å². The second kappa shape index (κ2) is 5.26. The van der Waals surface area contributed by atoms with Crippen LogP contribution in [0.25, 0.3) is 0 Å². The molecule has 0 N–H and O–H groups in total. The molecule has 0 heterocycles. The molecule has 2 rings (SSSR count).